The van der Waals surface area contributed by atoms with E-state index in [0.29, 0.717) is 0 Å². The van der Waals surface area contributed by atoms with Crippen molar-refractivity contribution in [3.05, 3.63) is 16.9 Å². The summed E-state index contributed by atoms with van der Waals surface area (Å²) in [6.45, 7) is 0. The molecule has 0 aliphatic rings. The zero-order valence-corrected chi connectivity index (χ0v) is 8.69. The van der Waals surface area contributed by atoms with Gasteiger partial charge in [-0.25, -0.2) is 13.4 Å². The van der Waals surface area contributed by atoms with Crippen molar-refractivity contribution in [3.8, 4) is 5.75 Å². The van der Waals surface area contributed by atoms with Crippen LogP contribution in [0.2, 0.25) is 0 Å². The molecule has 0 fully saturated rings. The second kappa shape index (κ2) is 3.20. The molecule has 1 N–H and O–H groups in total. The quantitative estimate of drug-likeness (QED) is 0.621. The van der Waals surface area contributed by atoms with Crippen LogP contribution in [0.15, 0.2) is 21.8 Å². The van der Waals surface area contributed by atoms with Crippen molar-refractivity contribution in [2.75, 3.05) is 0 Å². The first-order valence-electron chi connectivity index (χ1n) is 2.70. The smallest absolute Gasteiger partial charge is 0.262 e. The van der Waals surface area contributed by atoms with Crippen LogP contribution in [0.25, 0.3) is 0 Å². The van der Waals surface area contributed by atoms with Gasteiger partial charge >= 0.3 is 0 Å². The molecule has 0 saturated heterocycles. The van der Waals surface area contributed by atoms with Gasteiger partial charge in [-0.1, -0.05) is 0 Å². The lowest BCUT2D eigenvalue weighted by atomic mass is 10.5. The van der Waals surface area contributed by atoms with Gasteiger partial charge in [-0.05, 0) is 15.9 Å². The highest BCUT2D eigenvalue weighted by Gasteiger charge is 2.12. The monoisotopic (exact) mass is 271 g/mol. The Balaban J connectivity index is 3.33. The first-order valence-corrected chi connectivity index (χ1v) is 5.80. The lowest BCUT2D eigenvalue weighted by molar-refractivity contribution is 0.466. The predicted octanol–water partition coefficient (Wildman–Crippen LogP) is 1.48. The minimum Gasteiger partial charge on any atom is -0.505 e. The second-order valence-electron chi connectivity index (χ2n) is 1.92. The van der Waals surface area contributed by atoms with E-state index < -0.39 is 9.05 Å². The van der Waals surface area contributed by atoms with Crippen LogP contribution in [0.3, 0.4) is 0 Å². The highest BCUT2D eigenvalue weighted by molar-refractivity contribution is 9.10. The fourth-order valence-electron chi connectivity index (χ4n) is 0.551. The number of rotatable bonds is 1. The largest absolute Gasteiger partial charge is 0.505 e. The zero-order valence-electron chi connectivity index (χ0n) is 5.53. The molecule has 0 spiro atoms. The highest BCUT2D eigenvalue weighted by atomic mass is 79.9. The van der Waals surface area contributed by atoms with Crippen molar-refractivity contribution in [2.24, 2.45) is 0 Å². The predicted molar refractivity (Wildman–Crippen MR) is 46.6 cm³/mol. The Bertz CT molecular complexity index is 405. The Kier molecular flexibility index (Phi) is 2.60. The molecule has 1 heterocycles. The zero-order chi connectivity index (χ0) is 9.35. The number of hydrogen-bond acceptors (Lipinski definition) is 4. The number of aromatic hydroxyl groups is 1. The lowest BCUT2D eigenvalue weighted by Crippen LogP contribution is -1.91. The molecule has 1 aromatic heterocycles. The summed E-state index contributed by atoms with van der Waals surface area (Å²) in [5.74, 6) is -0.267. The van der Waals surface area contributed by atoms with Crippen LogP contribution in [0.5, 0.6) is 5.75 Å². The molecule has 7 heteroatoms. The summed E-state index contributed by atoms with van der Waals surface area (Å²) in [7, 11) is 1.18. The fourth-order valence-corrected chi connectivity index (χ4v) is 1.45. The van der Waals surface area contributed by atoms with Crippen LogP contribution in [-0.2, 0) is 9.05 Å². The Morgan fingerprint density at radius 2 is 2.17 bits per heavy atom. The Hall–Kier alpha value is -0.330. The summed E-state index contributed by atoms with van der Waals surface area (Å²) < 4.78 is 21.6. The average molecular weight is 273 g/mol. The van der Waals surface area contributed by atoms with Crippen molar-refractivity contribution in [1.82, 2.24) is 4.98 Å². The van der Waals surface area contributed by atoms with E-state index in [1.807, 2.05) is 0 Å². The van der Waals surface area contributed by atoms with Crippen LogP contribution in [0.1, 0.15) is 0 Å². The van der Waals surface area contributed by atoms with Crippen LogP contribution in [-0.4, -0.2) is 18.5 Å². The summed E-state index contributed by atoms with van der Waals surface area (Å²) >= 11 is 2.90. The maximum absolute atomic E-state index is 10.7. The van der Waals surface area contributed by atoms with Crippen molar-refractivity contribution in [3.63, 3.8) is 0 Å². The third-order valence-corrected chi connectivity index (χ3v) is 3.01. The summed E-state index contributed by atoms with van der Waals surface area (Å²) in [5, 5.41) is 9.03. The van der Waals surface area contributed by atoms with Gasteiger partial charge in [-0.3, -0.25) is 0 Å². The van der Waals surface area contributed by atoms with E-state index in [0.717, 1.165) is 12.3 Å². The number of nitrogens with zero attached hydrogens (tertiary/aromatic N) is 1. The second-order valence-corrected chi connectivity index (χ2v) is 5.24. The number of pyridine rings is 1. The van der Waals surface area contributed by atoms with Gasteiger partial charge in [0.05, 0.1) is 0 Å². The van der Waals surface area contributed by atoms with Gasteiger partial charge < -0.3 is 5.11 Å². The molecule has 0 bridgehead atoms. The standard InChI is InChI=1S/C5H3BrClNO3S/c6-5-4(9)1-3(2-8-5)12(7,10)11/h1-2,9H. The van der Waals surface area contributed by atoms with Crippen LogP contribution in [0.4, 0.5) is 0 Å². The minimum absolute atomic E-state index is 0.173. The molecule has 4 nitrogen and oxygen atoms in total. The minimum atomic E-state index is -3.81. The molecule has 0 aliphatic carbocycles. The molecule has 0 radical (unpaired) electrons. The normalized spacial score (nSPS) is 11.5. The van der Waals surface area contributed by atoms with Gasteiger partial charge in [0.15, 0.2) is 0 Å². The van der Waals surface area contributed by atoms with E-state index in [1.54, 1.807) is 0 Å². The maximum atomic E-state index is 10.7. The summed E-state index contributed by atoms with van der Waals surface area (Å²) in [6.07, 6.45) is 1.05. The molecule has 12 heavy (non-hydrogen) atoms. The molecular weight excluding hydrogens is 269 g/mol. The Morgan fingerprint density at radius 3 is 2.58 bits per heavy atom. The lowest BCUT2D eigenvalue weighted by Gasteiger charge is -1.97. The summed E-state index contributed by atoms with van der Waals surface area (Å²) in [4.78, 5) is 3.32. The number of aromatic nitrogens is 1. The van der Waals surface area contributed by atoms with Gasteiger partial charge in [0.1, 0.15) is 15.2 Å². The SMILES string of the molecule is O=S(=O)(Cl)c1cnc(Br)c(O)c1. The summed E-state index contributed by atoms with van der Waals surface area (Å²) in [5.41, 5.74) is 0. The van der Waals surface area contributed by atoms with Crippen LogP contribution < -0.4 is 0 Å². The van der Waals surface area contributed by atoms with Gasteiger partial charge in [0, 0.05) is 22.9 Å². The van der Waals surface area contributed by atoms with E-state index in [4.69, 9.17) is 15.8 Å². The molecule has 66 valence electrons. The average Bonchev–Trinajstić information content (AvgIpc) is 1.92. The van der Waals surface area contributed by atoms with Crippen molar-refractivity contribution in [2.45, 2.75) is 4.90 Å². The van der Waals surface area contributed by atoms with E-state index >= 15 is 0 Å². The number of hydrogen-bond donors (Lipinski definition) is 1. The first kappa shape index (κ1) is 9.76. The van der Waals surface area contributed by atoms with Gasteiger partial charge in [-0.15, -0.1) is 0 Å². The van der Waals surface area contributed by atoms with Gasteiger partial charge in [-0.2, -0.15) is 0 Å². The van der Waals surface area contributed by atoms with Crippen molar-refractivity contribution in [1.29, 1.82) is 0 Å². The van der Waals surface area contributed by atoms with E-state index in [9.17, 15) is 8.42 Å². The van der Waals surface area contributed by atoms with E-state index in [-0.39, 0.29) is 15.2 Å². The van der Waals surface area contributed by atoms with Crippen LogP contribution >= 0.6 is 26.6 Å². The molecule has 0 aromatic carbocycles. The van der Waals surface area contributed by atoms with Crippen molar-refractivity contribution < 1.29 is 13.5 Å². The molecule has 0 aliphatic heterocycles. The third-order valence-electron chi connectivity index (χ3n) is 1.08. The molecule has 1 rings (SSSR count). The third kappa shape index (κ3) is 2.09. The fraction of sp³-hybridized carbons (Fsp3) is 0. The molecule has 0 atom stereocenters. The maximum Gasteiger partial charge on any atom is 0.262 e. The number of halogens is 2. The topological polar surface area (TPSA) is 67.3 Å². The Labute approximate surface area is 81.7 Å². The van der Waals surface area contributed by atoms with Gasteiger partial charge in [0.2, 0.25) is 0 Å². The highest BCUT2D eigenvalue weighted by Crippen LogP contribution is 2.25. The van der Waals surface area contributed by atoms with E-state index in [1.165, 1.54) is 0 Å². The summed E-state index contributed by atoms with van der Waals surface area (Å²) in [6, 6.07) is 1.01. The Morgan fingerprint density at radius 1 is 1.58 bits per heavy atom. The molecule has 1 aromatic rings. The first-order chi connectivity index (χ1) is 5.41. The molecule has 0 saturated carbocycles. The molecule has 0 amide bonds. The van der Waals surface area contributed by atoms with Gasteiger partial charge in [0.25, 0.3) is 9.05 Å². The van der Waals surface area contributed by atoms with E-state index in [2.05, 4.69) is 20.9 Å². The van der Waals surface area contributed by atoms with Crippen molar-refractivity contribution >= 4 is 35.7 Å². The van der Waals surface area contributed by atoms with Crippen LogP contribution in [0, 0.1) is 0 Å². The molecular formula is C5H3BrClNO3S. The molecule has 0 unspecified atom stereocenters.